The van der Waals surface area contributed by atoms with E-state index in [1.807, 2.05) is 18.4 Å². The van der Waals surface area contributed by atoms with Gasteiger partial charge in [0.15, 0.2) is 0 Å². The first-order valence-electron chi connectivity index (χ1n) is 4.22. The maximum atomic E-state index is 8.67. The van der Waals surface area contributed by atoms with Gasteiger partial charge in [0.05, 0.1) is 24.3 Å². The fraction of sp³-hybridized carbons (Fsp3) is 0.200. The highest BCUT2D eigenvalue weighted by atomic mass is 32.2. The summed E-state index contributed by atoms with van der Waals surface area (Å²) >= 11 is 1.64. The standard InChI is InChI=1S/C10H9N3S/c1-14-10-7(4-5-11)2-3-8-9(10)13-6-12-8/h2-3,6H,4H2,1H3,(H,12,13). The van der Waals surface area contributed by atoms with Crippen molar-refractivity contribution in [2.45, 2.75) is 11.3 Å². The summed E-state index contributed by atoms with van der Waals surface area (Å²) in [7, 11) is 0. The molecule has 1 N–H and O–H groups in total. The van der Waals surface area contributed by atoms with E-state index in [4.69, 9.17) is 5.26 Å². The molecule has 70 valence electrons. The van der Waals surface area contributed by atoms with E-state index < -0.39 is 0 Å². The van der Waals surface area contributed by atoms with E-state index in [0.717, 1.165) is 21.5 Å². The van der Waals surface area contributed by atoms with Gasteiger partial charge >= 0.3 is 0 Å². The van der Waals surface area contributed by atoms with Gasteiger partial charge in [-0.15, -0.1) is 11.8 Å². The molecule has 0 amide bonds. The summed E-state index contributed by atoms with van der Waals surface area (Å²) in [6.07, 6.45) is 4.13. The summed E-state index contributed by atoms with van der Waals surface area (Å²) in [5, 5.41) is 8.67. The van der Waals surface area contributed by atoms with Crippen LogP contribution in [0.15, 0.2) is 23.4 Å². The lowest BCUT2D eigenvalue weighted by atomic mass is 10.1. The molecule has 2 rings (SSSR count). The molecule has 14 heavy (non-hydrogen) atoms. The Kier molecular flexibility index (Phi) is 2.42. The topological polar surface area (TPSA) is 52.5 Å². The van der Waals surface area contributed by atoms with Crippen molar-refractivity contribution in [3.05, 3.63) is 24.0 Å². The number of aromatic nitrogens is 2. The van der Waals surface area contributed by atoms with E-state index in [-0.39, 0.29) is 0 Å². The molecule has 0 fully saturated rings. The van der Waals surface area contributed by atoms with Crippen LogP contribution in [0.1, 0.15) is 5.56 Å². The van der Waals surface area contributed by atoms with Gasteiger partial charge in [0.25, 0.3) is 0 Å². The summed E-state index contributed by atoms with van der Waals surface area (Å²) < 4.78 is 0. The monoisotopic (exact) mass is 203 g/mol. The molecular formula is C10H9N3S. The zero-order chi connectivity index (χ0) is 9.97. The minimum Gasteiger partial charge on any atom is -0.345 e. The zero-order valence-electron chi connectivity index (χ0n) is 7.74. The number of hydrogen-bond acceptors (Lipinski definition) is 3. The van der Waals surface area contributed by atoms with Crippen LogP contribution in [0.25, 0.3) is 11.0 Å². The van der Waals surface area contributed by atoms with E-state index in [1.54, 1.807) is 18.1 Å². The third-order valence-electron chi connectivity index (χ3n) is 2.10. The minimum atomic E-state index is 0.443. The van der Waals surface area contributed by atoms with Gasteiger partial charge in [-0.25, -0.2) is 4.98 Å². The van der Waals surface area contributed by atoms with Gasteiger partial charge in [-0.05, 0) is 17.9 Å². The minimum absolute atomic E-state index is 0.443. The highest BCUT2D eigenvalue weighted by Crippen LogP contribution is 2.28. The molecule has 0 saturated carbocycles. The Morgan fingerprint density at radius 3 is 3.14 bits per heavy atom. The summed E-state index contributed by atoms with van der Waals surface area (Å²) in [6, 6.07) is 6.11. The molecule has 2 aromatic rings. The fourth-order valence-electron chi connectivity index (χ4n) is 1.48. The highest BCUT2D eigenvalue weighted by molar-refractivity contribution is 7.98. The average Bonchev–Trinajstić information content (AvgIpc) is 2.66. The molecule has 0 saturated heterocycles. The number of aromatic amines is 1. The number of benzene rings is 1. The third kappa shape index (κ3) is 1.36. The van der Waals surface area contributed by atoms with Crippen LogP contribution in [0.2, 0.25) is 0 Å². The molecule has 0 aliphatic rings. The van der Waals surface area contributed by atoms with Gasteiger partial charge in [-0.3, -0.25) is 0 Å². The van der Waals surface area contributed by atoms with Crippen molar-refractivity contribution in [3.8, 4) is 6.07 Å². The molecule has 0 radical (unpaired) electrons. The second-order valence-corrected chi connectivity index (χ2v) is 3.71. The zero-order valence-corrected chi connectivity index (χ0v) is 8.56. The predicted octanol–water partition coefficient (Wildman–Crippen LogP) is 2.35. The first kappa shape index (κ1) is 9.10. The second kappa shape index (κ2) is 3.72. The van der Waals surface area contributed by atoms with Gasteiger partial charge in [-0.1, -0.05) is 6.07 Å². The van der Waals surface area contributed by atoms with Gasteiger partial charge in [-0.2, -0.15) is 5.26 Å². The Bertz CT molecular complexity index is 496. The summed E-state index contributed by atoms with van der Waals surface area (Å²) in [6.45, 7) is 0. The Hall–Kier alpha value is -1.47. The lowest BCUT2D eigenvalue weighted by molar-refractivity contribution is 1.19. The molecule has 0 bridgehead atoms. The van der Waals surface area contributed by atoms with E-state index in [0.29, 0.717) is 6.42 Å². The normalized spacial score (nSPS) is 10.3. The van der Waals surface area contributed by atoms with Crippen molar-refractivity contribution in [2.75, 3.05) is 6.26 Å². The number of rotatable bonds is 2. The molecular weight excluding hydrogens is 194 g/mol. The van der Waals surface area contributed by atoms with Crippen LogP contribution in [0, 0.1) is 11.3 Å². The first-order chi connectivity index (χ1) is 6.86. The first-order valence-corrected chi connectivity index (χ1v) is 5.45. The Morgan fingerprint density at radius 1 is 1.57 bits per heavy atom. The van der Waals surface area contributed by atoms with Gasteiger partial charge in [0, 0.05) is 4.90 Å². The third-order valence-corrected chi connectivity index (χ3v) is 2.96. The Morgan fingerprint density at radius 2 is 2.43 bits per heavy atom. The number of thioether (sulfide) groups is 1. The van der Waals surface area contributed by atoms with E-state index in [9.17, 15) is 0 Å². The van der Waals surface area contributed by atoms with Crippen molar-refractivity contribution < 1.29 is 0 Å². The molecule has 1 aromatic heterocycles. The van der Waals surface area contributed by atoms with Crippen molar-refractivity contribution in [1.82, 2.24) is 9.97 Å². The second-order valence-electron chi connectivity index (χ2n) is 2.89. The average molecular weight is 203 g/mol. The molecule has 0 aliphatic carbocycles. The van der Waals surface area contributed by atoms with Gasteiger partial charge in [0.1, 0.15) is 5.52 Å². The quantitative estimate of drug-likeness (QED) is 0.762. The highest BCUT2D eigenvalue weighted by Gasteiger charge is 2.07. The number of nitriles is 1. The number of fused-ring (bicyclic) bond motifs is 1. The van der Waals surface area contributed by atoms with Crippen LogP contribution in [-0.2, 0) is 6.42 Å². The van der Waals surface area contributed by atoms with Crippen LogP contribution >= 0.6 is 11.8 Å². The maximum Gasteiger partial charge on any atom is 0.102 e. The predicted molar refractivity (Wildman–Crippen MR) is 57.2 cm³/mol. The SMILES string of the molecule is CSc1c(CC#N)ccc2[nH]cnc12. The van der Waals surface area contributed by atoms with Crippen molar-refractivity contribution in [3.63, 3.8) is 0 Å². The van der Waals surface area contributed by atoms with Crippen molar-refractivity contribution in [1.29, 1.82) is 5.26 Å². The van der Waals surface area contributed by atoms with Gasteiger partial charge in [0.2, 0.25) is 0 Å². The number of nitrogens with one attached hydrogen (secondary N) is 1. The van der Waals surface area contributed by atoms with Crippen molar-refractivity contribution >= 4 is 22.8 Å². The van der Waals surface area contributed by atoms with Crippen LogP contribution in [0.4, 0.5) is 0 Å². The van der Waals surface area contributed by atoms with Crippen molar-refractivity contribution in [2.24, 2.45) is 0 Å². The van der Waals surface area contributed by atoms with Crippen LogP contribution in [-0.4, -0.2) is 16.2 Å². The lowest BCUT2D eigenvalue weighted by Crippen LogP contribution is -1.87. The summed E-state index contributed by atoms with van der Waals surface area (Å²) in [5.74, 6) is 0. The maximum absolute atomic E-state index is 8.67. The number of imidazole rings is 1. The van der Waals surface area contributed by atoms with Crippen LogP contribution in [0.5, 0.6) is 0 Å². The Labute approximate surface area is 86.2 Å². The molecule has 0 atom stereocenters. The van der Waals surface area contributed by atoms with Crippen LogP contribution in [0.3, 0.4) is 0 Å². The molecule has 0 unspecified atom stereocenters. The van der Waals surface area contributed by atoms with E-state index in [1.165, 1.54) is 0 Å². The largest absolute Gasteiger partial charge is 0.345 e. The van der Waals surface area contributed by atoms with Crippen LogP contribution < -0.4 is 0 Å². The smallest absolute Gasteiger partial charge is 0.102 e. The fourth-order valence-corrected chi connectivity index (χ4v) is 2.23. The van der Waals surface area contributed by atoms with E-state index in [2.05, 4.69) is 16.0 Å². The molecule has 1 aromatic carbocycles. The Balaban J connectivity index is 2.67. The lowest BCUT2D eigenvalue weighted by Gasteiger charge is -2.03. The van der Waals surface area contributed by atoms with E-state index >= 15 is 0 Å². The molecule has 4 heteroatoms. The number of nitrogens with zero attached hydrogens (tertiary/aromatic N) is 2. The number of hydrogen-bond donors (Lipinski definition) is 1. The molecule has 0 aliphatic heterocycles. The molecule has 0 spiro atoms. The van der Waals surface area contributed by atoms with Gasteiger partial charge < -0.3 is 4.98 Å². The summed E-state index contributed by atoms with van der Waals surface area (Å²) in [4.78, 5) is 8.40. The number of H-pyrrole nitrogens is 1. The molecule has 3 nitrogen and oxygen atoms in total. The molecule has 1 heterocycles. The summed E-state index contributed by atoms with van der Waals surface area (Å²) in [5.41, 5.74) is 3.04.